The van der Waals surface area contributed by atoms with Crippen molar-refractivity contribution in [3.63, 3.8) is 0 Å². The smallest absolute Gasteiger partial charge is 0.267 e. The average Bonchev–Trinajstić information content (AvgIpc) is 3.87. The van der Waals surface area contributed by atoms with Gasteiger partial charge in [-0.1, -0.05) is 173 Å². The molecule has 0 unspecified atom stereocenters. The molecular formula is C64H66N4OPt-2. The number of imidazole rings is 1. The SMILES string of the molecule is CC(C)(C)C1=C[C@H](C(C)(C)C)CC([n+]2[c-]n(-c3[c-]c(Oc4[c-]c5c(cc4)c4cc(-c6ccccc6)ccc4n5-c4cc(C(C)(C)C)ccn4)ccc3)c3cccc(C4=CC=C(C(C)(C)C)CC4)c32)=C1.[Pt]. The maximum absolute atomic E-state index is 6.79. The molecule has 3 aromatic heterocycles. The first-order valence-electron chi connectivity index (χ1n) is 24.8. The number of allylic oxidation sites excluding steroid dienone is 8. The Labute approximate surface area is 430 Å². The zero-order valence-corrected chi connectivity index (χ0v) is 45.3. The van der Waals surface area contributed by atoms with Crippen molar-refractivity contribution >= 4 is 44.1 Å². The van der Waals surface area contributed by atoms with E-state index < -0.39 is 0 Å². The summed E-state index contributed by atoms with van der Waals surface area (Å²) in [6, 6.07) is 46.0. The van der Waals surface area contributed by atoms with Gasteiger partial charge in [-0.25, -0.2) is 4.98 Å². The summed E-state index contributed by atoms with van der Waals surface area (Å²) in [6.45, 7) is 27.7. The zero-order valence-electron chi connectivity index (χ0n) is 43.0. The summed E-state index contributed by atoms with van der Waals surface area (Å²) >= 11 is 0. The number of nitrogens with zero attached hydrogens (tertiary/aromatic N) is 4. The van der Waals surface area contributed by atoms with Gasteiger partial charge in [0.2, 0.25) is 0 Å². The van der Waals surface area contributed by atoms with Crippen molar-refractivity contribution in [1.29, 1.82) is 0 Å². The molecule has 0 amide bonds. The second kappa shape index (κ2) is 18.3. The molecule has 8 aromatic rings. The summed E-state index contributed by atoms with van der Waals surface area (Å²) in [4.78, 5) is 4.95. The molecule has 2 aliphatic carbocycles. The van der Waals surface area contributed by atoms with Gasteiger partial charge < -0.3 is 13.9 Å². The summed E-state index contributed by atoms with van der Waals surface area (Å²) in [6.07, 6.45) is 18.5. The molecule has 70 heavy (non-hydrogen) atoms. The molecule has 0 fully saturated rings. The van der Waals surface area contributed by atoms with E-state index in [9.17, 15) is 0 Å². The van der Waals surface area contributed by atoms with Gasteiger partial charge in [-0.05, 0) is 116 Å². The Kier molecular flexibility index (Phi) is 12.8. The van der Waals surface area contributed by atoms with Gasteiger partial charge in [-0.15, -0.1) is 29.7 Å². The molecule has 0 radical (unpaired) electrons. The molecule has 0 saturated carbocycles. The molecule has 2 aliphatic rings. The maximum Gasteiger partial charge on any atom is 0.267 e. The monoisotopic (exact) mass is 1100 g/mol. The molecule has 1 atom stereocenters. The van der Waals surface area contributed by atoms with Gasteiger partial charge in [0.05, 0.1) is 11.0 Å². The van der Waals surface area contributed by atoms with Crippen molar-refractivity contribution < 1.29 is 30.4 Å². The molecule has 3 heterocycles. The first kappa shape index (κ1) is 49.0. The molecule has 5 aromatic carbocycles. The molecule has 360 valence electrons. The van der Waals surface area contributed by atoms with Crippen LogP contribution >= 0.6 is 0 Å². The van der Waals surface area contributed by atoms with Gasteiger partial charge in [0.15, 0.2) is 0 Å². The van der Waals surface area contributed by atoms with Gasteiger partial charge >= 0.3 is 0 Å². The summed E-state index contributed by atoms with van der Waals surface area (Å²) in [5.41, 5.74) is 15.5. The van der Waals surface area contributed by atoms with Gasteiger partial charge in [-0.2, -0.15) is 18.2 Å². The van der Waals surface area contributed by atoms with Gasteiger partial charge in [-0.3, -0.25) is 4.57 Å². The van der Waals surface area contributed by atoms with Gasteiger partial charge in [0.1, 0.15) is 5.82 Å². The predicted octanol–water partition coefficient (Wildman–Crippen LogP) is 16.6. The van der Waals surface area contributed by atoms with Crippen LogP contribution in [0.25, 0.3) is 66.7 Å². The van der Waals surface area contributed by atoms with Crippen molar-refractivity contribution in [2.75, 3.05) is 0 Å². The molecule has 10 rings (SSSR count). The van der Waals surface area contributed by atoms with Crippen molar-refractivity contribution in [1.82, 2.24) is 14.1 Å². The zero-order chi connectivity index (χ0) is 48.6. The van der Waals surface area contributed by atoms with Crippen LogP contribution in [0.1, 0.15) is 113 Å². The molecule has 6 heteroatoms. The van der Waals surface area contributed by atoms with E-state index in [4.69, 9.17) is 9.72 Å². The number of pyridine rings is 1. The van der Waals surface area contributed by atoms with E-state index >= 15 is 0 Å². The number of ether oxygens (including phenoxy) is 1. The largest absolute Gasteiger partial charge is 0.510 e. The van der Waals surface area contributed by atoms with Crippen LogP contribution in [0.4, 0.5) is 0 Å². The Balaban J connectivity index is 0.00000608. The van der Waals surface area contributed by atoms with E-state index in [1.807, 2.05) is 18.3 Å². The third kappa shape index (κ3) is 9.47. The number of aromatic nitrogens is 4. The number of para-hydroxylation sites is 1. The fraction of sp³-hybridized carbons (Fsp3) is 0.312. The second-order valence-corrected chi connectivity index (χ2v) is 23.4. The minimum atomic E-state index is -0.0473. The minimum Gasteiger partial charge on any atom is -0.510 e. The van der Waals surface area contributed by atoms with Crippen LogP contribution in [-0.2, 0) is 26.5 Å². The van der Waals surface area contributed by atoms with Gasteiger partial charge in [0.25, 0.3) is 6.33 Å². The van der Waals surface area contributed by atoms with Crippen molar-refractivity contribution in [2.24, 2.45) is 22.2 Å². The van der Waals surface area contributed by atoms with E-state index in [1.54, 1.807) is 0 Å². The Morgan fingerprint density at radius 1 is 0.657 bits per heavy atom. The Hall–Kier alpha value is -6.03. The summed E-state index contributed by atoms with van der Waals surface area (Å²) in [5, 5.41) is 2.22. The molecule has 0 saturated heterocycles. The van der Waals surface area contributed by atoms with Gasteiger partial charge in [0, 0.05) is 50.0 Å². The summed E-state index contributed by atoms with van der Waals surface area (Å²) < 4.78 is 13.6. The van der Waals surface area contributed by atoms with E-state index in [0.29, 0.717) is 17.4 Å². The number of rotatable bonds is 7. The number of hydrogen-bond acceptors (Lipinski definition) is 2. The molecule has 0 aliphatic heterocycles. The van der Waals surface area contributed by atoms with Crippen LogP contribution < -0.4 is 9.30 Å². The molecule has 5 nitrogen and oxygen atoms in total. The van der Waals surface area contributed by atoms with Crippen LogP contribution in [0.15, 0.2) is 151 Å². The Morgan fingerprint density at radius 3 is 2.11 bits per heavy atom. The van der Waals surface area contributed by atoms with E-state index in [2.05, 4.69) is 237 Å². The first-order chi connectivity index (χ1) is 32.7. The topological polar surface area (TPSA) is 35.9 Å². The van der Waals surface area contributed by atoms with E-state index in [0.717, 1.165) is 69.2 Å². The molecular weight excluding hydrogens is 1040 g/mol. The van der Waals surface area contributed by atoms with Crippen LogP contribution in [0, 0.1) is 40.6 Å². The quantitative estimate of drug-likeness (QED) is 0.118. The predicted molar refractivity (Wildman–Crippen MR) is 287 cm³/mol. The number of benzene rings is 5. The van der Waals surface area contributed by atoms with Crippen molar-refractivity contribution in [2.45, 2.75) is 108 Å². The maximum atomic E-state index is 6.79. The average molecular weight is 1100 g/mol. The summed E-state index contributed by atoms with van der Waals surface area (Å²) in [5.74, 6) is 2.41. The molecule has 0 bridgehead atoms. The summed E-state index contributed by atoms with van der Waals surface area (Å²) in [7, 11) is 0. The standard InChI is InChI=1S/C64H66N4O.Pt/c1-61(2,3)45-27-24-43(25-28-45)53-22-17-23-57-60(53)67(50-36-47(63(7,8)9)35-48(37-50)64(10,11)12)41-66(57)49-20-16-21-51(39-49)69-52-29-30-54-55-34-44(42-18-14-13-15-19-42)26-31-56(55)68(58(54)40-52)59-38-46(32-33-65-59)62(4,5)6;/h13-24,26-27,29-36,38,48H,25,28,37H2,1-12H3;/q-2;/t48-;/m0./s1. The van der Waals surface area contributed by atoms with Crippen LogP contribution in [0.5, 0.6) is 11.5 Å². The second-order valence-electron chi connectivity index (χ2n) is 23.4. The Bertz CT molecular complexity index is 3420. The third-order valence-corrected chi connectivity index (χ3v) is 14.3. The third-order valence-electron chi connectivity index (χ3n) is 14.3. The molecule has 0 N–H and O–H groups in total. The van der Waals surface area contributed by atoms with E-state index in [1.165, 1.54) is 39.1 Å². The molecule has 0 spiro atoms. The van der Waals surface area contributed by atoms with Crippen molar-refractivity contribution in [3.05, 3.63) is 180 Å². The fourth-order valence-electron chi connectivity index (χ4n) is 10.0. The normalized spacial score (nSPS) is 15.9. The van der Waals surface area contributed by atoms with Crippen molar-refractivity contribution in [3.8, 4) is 34.1 Å². The minimum absolute atomic E-state index is 0. The van der Waals surface area contributed by atoms with E-state index in [-0.39, 0.29) is 42.7 Å². The number of fused-ring (bicyclic) bond motifs is 4. The van der Waals surface area contributed by atoms with Crippen LogP contribution in [-0.4, -0.2) is 14.1 Å². The Morgan fingerprint density at radius 2 is 1.41 bits per heavy atom. The number of hydrogen-bond donors (Lipinski definition) is 0. The first-order valence-corrected chi connectivity index (χ1v) is 24.8. The van der Waals surface area contributed by atoms with Crippen LogP contribution in [0.2, 0.25) is 0 Å². The van der Waals surface area contributed by atoms with Crippen LogP contribution in [0.3, 0.4) is 0 Å². The fourth-order valence-corrected chi connectivity index (χ4v) is 10.0.